The molecule has 2 aromatic carbocycles. The van der Waals surface area contributed by atoms with E-state index < -0.39 is 5.92 Å². The Balaban J connectivity index is 1.50. The maximum atomic E-state index is 12.6. The summed E-state index contributed by atoms with van der Waals surface area (Å²) < 4.78 is 10.6. The highest BCUT2D eigenvalue weighted by Gasteiger charge is 2.36. The first-order valence-electron chi connectivity index (χ1n) is 8.08. The van der Waals surface area contributed by atoms with Gasteiger partial charge >= 0.3 is 0 Å². The largest absolute Gasteiger partial charge is 0.454 e. The first-order valence-corrected chi connectivity index (χ1v) is 9.21. The van der Waals surface area contributed by atoms with Crippen molar-refractivity contribution < 1.29 is 19.1 Å². The normalized spacial score (nSPS) is 18.1. The summed E-state index contributed by atoms with van der Waals surface area (Å²) in [5, 5.41) is 3.53. The van der Waals surface area contributed by atoms with Crippen LogP contribution in [0.5, 0.6) is 11.5 Å². The van der Waals surface area contributed by atoms with Crippen LogP contribution in [0, 0.1) is 5.92 Å². The minimum atomic E-state index is -0.536. The second-order valence-electron chi connectivity index (χ2n) is 6.18. The fourth-order valence-electron chi connectivity index (χ4n) is 3.07. The average Bonchev–Trinajstić information content (AvgIpc) is 3.23. The standard InChI is InChI=1S/C18H13Cl3N2O4/c19-10-4-12(20)17(13(21)5-10)22-18(25)9-3-16(24)23(7-9)11-1-2-14-15(6-11)27-8-26-14/h1-2,4-6,9H,3,7-8H2,(H,22,25). The predicted octanol–water partition coefficient (Wildman–Crippen LogP) is 4.37. The lowest BCUT2D eigenvalue weighted by Gasteiger charge is -2.17. The Morgan fingerprint density at radius 1 is 1.07 bits per heavy atom. The number of carbonyl (C=O) groups excluding carboxylic acids is 2. The Labute approximate surface area is 169 Å². The summed E-state index contributed by atoms with van der Waals surface area (Å²) in [5.74, 6) is 0.186. The minimum Gasteiger partial charge on any atom is -0.454 e. The molecule has 1 N–H and O–H groups in total. The van der Waals surface area contributed by atoms with Crippen LogP contribution in [0.2, 0.25) is 15.1 Å². The van der Waals surface area contributed by atoms with Gasteiger partial charge in [0.2, 0.25) is 18.6 Å². The van der Waals surface area contributed by atoms with Gasteiger partial charge in [-0.1, -0.05) is 34.8 Å². The number of benzene rings is 2. The molecule has 140 valence electrons. The van der Waals surface area contributed by atoms with Crippen LogP contribution in [-0.2, 0) is 9.59 Å². The molecule has 0 saturated carbocycles. The van der Waals surface area contributed by atoms with Gasteiger partial charge in [0.05, 0.1) is 21.7 Å². The molecule has 1 unspecified atom stereocenters. The molecule has 1 atom stereocenters. The zero-order chi connectivity index (χ0) is 19.1. The van der Waals surface area contributed by atoms with E-state index in [1.165, 1.54) is 12.1 Å². The van der Waals surface area contributed by atoms with Crippen LogP contribution in [0.25, 0.3) is 0 Å². The molecular weight excluding hydrogens is 415 g/mol. The van der Waals surface area contributed by atoms with Gasteiger partial charge in [0.15, 0.2) is 11.5 Å². The number of nitrogens with one attached hydrogen (secondary N) is 1. The van der Waals surface area contributed by atoms with E-state index in [2.05, 4.69) is 5.32 Å². The van der Waals surface area contributed by atoms with E-state index in [1.807, 2.05) is 0 Å². The Bertz CT molecular complexity index is 927. The summed E-state index contributed by atoms with van der Waals surface area (Å²) >= 11 is 18.1. The van der Waals surface area contributed by atoms with Gasteiger partial charge in [0.25, 0.3) is 0 Å². The number of rotatable bonds is 3. The SMILES string of the molecule is O=C(Nc1c(Cl)cc(Cl)cc1Cl)C1CC(=O)N(c2ccc3c(c2)OCO3)C1. The van der Waals surface area contributed by atoms with E-state index in [0.717, 1.165) is 0 Å². The van der Waals surface area contributed by atoms with Crippen molar-refractivity contribution in [1.29, 1.82) is 0 Å². The molecule has 4 rings (SSSR count). The quantitative estimate of drug-likeness (QED) is 0.790. The first-order chi connectivity index (χ1) is 12.9. The van der Waals surface area contributed by atoms with Crippen molar-refractivity contribution in [1.82, 2.24) is 0 Å². The van der Waals surface area contributed by atoms with Gasteiger partial charge < -0.3 is 19.7 Å². The monoisotopic (exact) mass is 426 g/mol. The van der Waals surface area contributed by atoms with E-state index in [-0.39, 0.29) is 47.3 Å². The van der Waals surface area contributed by atoms with Crippen molar-refractivity contribution in [2.45, 2.75) is 6.42 Å². The molecule has 9 heteroatoms. The molecule has 2 aromatic rings. The fourth-order valence-corrected chi connectivity index (χ4v) is 3.98. The van der Waals surface area contributed by atoms with Crippen LogP contribution in [0.3, 0.4) is 0 Å². The Morgan fingerprint density at radius 3 is 2.52 bits per heavy atom. The maximum absolute atomic E-state index is 12.6. The number of anilines is 2. The van der Waals surface area contributed by atoms with Crippen molar-refractivity contribution in [2.24, 2.45) is 5.92 Å². The van der Waals surface area contributed by atoms with Crippen LogP contribution in [-0.4, -0.2) is 25.2 Å². The van der Waals surface area contributed by atoms with Crippen molar-refractivity contribution >= 4 is 58.0 Å². The molecule has 2 aliphatic rings. The first kappa shape index (κ1) is 18.2. The molecule has 0 aromatic heterocycles. The van der Waals surface area contributed by atoms with Crippen LogP contribution in [0.15, 0.2) is 30.3 Å². The van der Waals surface area contributed by atoms with Gasteiger partial charge in [-0.25, -0.2) is 0 Å². The predicted molar refractivity (Wildman–Crippen MR) is 103 cm³/mol. The topological polar surface area (TPSA) is 67.9 Å². The second kappa shape index (κ2) is 7.11. The highest BCUT2D eigenvalue weighted by atomic mass is 35.5. The maximum Gasteiger partial charge on any atom is 0.231 e. The number of hydrogen-bond acceptors (Lipinski definition) is 4. The van der Waals surface area contributed by atoms with Gasteiger partial charge in [0.1, 0.15) is 0 Å². The molecular formula is C18H13Cl3N2O4. The molecule has 1 saturated heterocycles. The zero-order valence-corrected chi connectivity index (χ0v) is 16.1. The van der Waals surface area contributed by atoms with Crippen molar-refractivity contribution in [3.8, 4) is 11.5 Å². The third-order valence-corrected chi connectivity index (χ3v) is 5.23. The third-order valence-electron chi connectivity index (χ3n) is 4.42. The van der Waals surface area contributed by atoms with E-state index in [9.17, 15) is 9.59 Å². The fraction of sp³-hybridized carbons (Fsp3) is 0.222. The summed E-state index contributed by atoms with van der Waals surface area (Å²) in [6.45, 7) is 0.396. The highest BCUT2D eigenvalue weighted by Crippen LogP contribution is 2.38. The summed E-state index contributed by atoms with van der Waals surface area (Å²) in [5.41, 5.74) is 0.934. The molecule has 0 bridgehead atoms. The lowest BCUT2D eigenvalue weighted by molar-refractivity contribution is -0.122. The smallest absolute Gasteiger partial charge is 0.231 e. The van der Waals surface area contributed by atoms with Gasteiger partial charge in [0, 0.05) is 29.7 Å². The number of carbonyl (C=O) groups is 2. The number of nitrogens with zero attached hydrogens (tertiary/aromatic N) is 1. The van der Waals surface area contributed by atoms with Crippen molar-refractivity contribution in [3.63, 3.8) is 0 Å². The summed E-state index contributed by atoms with van der Waals surface area (Å²) in [7, 11) is 0. The van der Waals surface area contributed by atoms with Crippen molar-refractivity contribution in [2.75, 3.05) is 23.6 Å². The lowest BCUT2D eigenvalue weighted by atomic mass is 10.1. The molecule has 6 nitrogen and oxygen atoms in total. The Morgan fingerprint density at radius 2 is 1.78 bits per heavy atom. The van der Waals surface area contributed by atoms with Gasteiger partial charge in [-0.05, 0) is 24.3 Å². The summed E-state index contributed by atoms with van der Waals surface area (Å²) in [4.78, 5) is 26.6. The molecule has 0 spiro atoms. The molecule has 0 radical (unpaired) electrons. The molecule has 2 aliphatic heterocycles. The van der Waals surface area contributed by atoms with Crippen LogP contribution in [0.4, 0.5) is 11.4 Å². The van der Waals surface area contributed by atoms with E-state index >= 15 is 0 Å². The highest BCUT2D eigenvalue weighted by molar-refractivity contribution is 6.42. The summed E-state index contributed by atoms with van der Waals surface area (Å²) in [6, 6.07) is 8.21. The van der Waals surface area contributed by atoms with Crippen molar-refractivity contribution in [3.05, 3.63) is 45.4 Å². The van der Waals surface area contributed by atoms with Crippen LogP contribution in [0.1, 0.15) is 6.42 Å². The number of ether oxygens (including phenoxy) is 2. The van der Waals surface area contributed by atoms with E-state index in [0.29, 0.717) is 22.2 Å². The third kappa shape index (κ3) is 3.52. The van der Waals surface area contributed by atoms with Crippen LogP contribution < -0.4 is 19.7 Å². The number of hydrogen-bond donors (Lipinski definition) is 1. The number of halogens is 3. The second-order valence-corrected chi connectivity index (χ2v) is 7.43. The van der Waals surface area contributed by atoms with Gasteiger partial charge in [-0.2, -0.15) is 0 Å². The zero-order valence-electron chi connectivity index (χ0n) is 13.8. The molecule has 0 aliphatic carbocycles. The van der Waals surface area contributed by atoms with E-state index in [1.54, 1.807) is 23.1 Å². The Kier molecular flexibility index (Phi) is 4.80. The van der Waals surface area contributed by atoms with Crippen LogP contribution >= 0.6 is 34.8 Å². The van der Waals surface area contributed by atoms with Gasteiger partial charge in [-0.15, -0.1) is 0 Å². The molecule has 2 amide bonds. The minimum absolute atomic E-state index is 0.0864. The number of amides is 2. The number of fused-ring (bicyclic) bond motifs is 1. The molecule has 27 heavy (non-hydrogen) atoms. The molecule has 1 fully saturated rings. The average molecular weight is 428 g/mol. The van der Waals surface area contributed by atoms with E-state index in [4.69, 9.17) is 44.3 Å². The summed E-state index contributed by atoms with van der Waals surface area (Å²) in [6.07, 6.45) is 0.0864. The lowest BCUT2D eigenvalue weighted by Crippen LogP contribution is -2.28. The van der Waals surface area contributed by atoms with Gasteiger partial charge in [-0.3, -0.25) is 9.59 Å². The molecule has 2 heterocycles. The Hall–Kier alpha value is -2.15.